The van der Waals surface area contributed by atoms with Crippen molar-refractivity contribution in [3.05, 3.63) is 59.2 Å². The van der Waals surface area contributed by atoms with Gasteiger partial charge in [-0.3, -0.25) is 4.79 Å². The van der Waals surface area contributed by atoms with Crippen LogP contribution in [-0.2, 0) is 4.79 Å². The lowest BCUT2D eigenvalue weighted by atomic mass is 10.1. The number of rotatable bonds is 6. The number of hydrogen-bond donors (Lipinski definition) is 2. The fourth-order valence-corrected chi connectivity index (χ4v) is 2.22. The number of carboxylic acid groups (broad SMARTS) is 1. The number of nitrogens with one attached hydrogen (secondary N) is 1. The van der Waals surface area contributed by atoms with Gasteiger partial charge in [-0.2, -0.15) is 5.26 Å². The Hall–Kier alpha value is -3.79. The molecule has 1 amide bonds. The molecule has 7 heteroatoms. The highest BCUT2D eigenvalue weighted by Crippen LogP contribution is 2.26. The van der Waals surface area contributed by atoms with Crippen LogP contribution in [0.15, 0.2) is 48.0 Å². The number of benzene rings is 2. The zero-order chi connectivity index (χ0) is 19.1. The summed E-state index contributed by atoms with van der Waals surface area (Å²) in [7, 11) is 2.96. The molecule has 2 aromatic rings. The van der Waals surface area contributed by atoms with Crippen molar-refractivity contribution in [1.29, 1.82) is 5.26 Å². The molecule has 7 nitrogen and oxygen atoms in total. The molecular weight excluding hydrogens is 336 g/mol. The van der Waals surface area contributed by atoms with E-state index in [1.54, 1.807) is 30.3 Å². The molecule has 132 valence electrons. The minimum atomic E-state index is -1.18. The summed E-state index contributed by atoms with van der Waals surface area (Å²) < 4.78 is 10.4. The molecule has 0 saturated heterocycles. The number of nitriles is 1. The van der Waals surface area contributed by atoms with Gasteiger partial charge < -0.3 is 19.9 Å². The van der Waals surface area contributed by atoms with Gasteiger partial charge in [-0.1, -0.05) is 12.1 Å². The Bertz CT molecular complexity index is 912. The first-order valence-electron chi connectivity index (χ1n) is 7.47. The number of amides is 1. The molecule has 0 aromatic heterocycles. The van der Waals surface area contributed by atoms with Gasteiger partial charge in [-0.25, -0.2) is 4.79 Å². The maximum absolute atomic E-state index is 12.4. The van der Waals surface area contributed by atoms with Gasteiger partial charge in [0.15, 0.2) is 0 Å². The summed E-state index contributed by atoms with van der Waals surface area (Å²) >= 11 is 0. The molecule has 0 heterocycles. The second-order valence-electron chi connectivity index (χ2n) is 5.08. The fraction of sp³-hybridized carbons (Fsp3) is 0.105. The van der Waals surface area contributed by atoms with Crippen LogP contribution in [0.1, 0.15) is 15.9 Å². The third-order valence-corrected chi connectivity index (χ3v) is 3.51. The molecule has 0 radical (unpaired) electrons. The summed E-state index contributed by atoms with van der Waals surface area (Å²) in [5, 5.41) is 21.0. The van der Waals surface area contributed by atoms with E-state index in [0.717, 1.165) is 0 Å². The van der Waals surface area contributed by atoms with Crippen molar-refractivity contribution in [3.8, 4) is 17.6 Å². The second-order valence-corrected chi connectivity index (χ2v) is 5.08. The number of carboxylic acids is 1. The van der Waals surface area contributed by atoms with Crippen molar-refractivity contribution < 1.29 is 24.2 Å². The van der Waals surface area contributed by atoms with Crippen molar-refractivity contribution in [3.63, 3.8) is 0 Å². The molecule has 2 aromatic carbocycles. The lowest BCUT2D eigenvalue weighted by molar-refractivity contribution is -0.112. The fourth-order valence-electron chi connectivity index (χ4n) is 2.22. The third-order valence-electron chi connectivity index (χ3n) is 3.51. The van der Waals surface area contributed by atoms with Gasteiger partial charge >= 0.3 is 5.97 Å². The molecule has 0 saturated carbocycles. The summed E-state index contributed by atoms with van der Waals surface area (Å²) in [4.78, 5) is 23.6. The normalized spacial score (nSPS) is 10.6. The first-order valence-corrected chi connectivity index (χ1v) is 7.47. The number of carbonyl (C=O) groups is 2. The van der Waals surface area contributed by atoms with Crippen LogP contribution in [0.2, 0.25) is 0 Å². The van der Waals surface area contributed by atoms with Gasteiger partial charge in [-0.05, 0) is 36.4 Å². The van der Waals surface area contributed by atoms with Crippen LogP contribution in [-0.4, -0.2) is 31.2 Å². The standard InChI is InChI=1S/C19H16N2O5/c1-25-14-7-8-17(26-2)12(10-14)9-13(11-20)18(22)21-16-6-4-3-5-15(16)19(23)24/h3-10H,1-2H3,(H,21,22)(H,23,24)/b13-9+. The van der Waals surface area contributed by atoms with E-state index < -0.39 is 11.9 Å². The summed E-state index contributed by atoms with van der Waals surface area (Å²) in [6.07, 6.45) is 1.35. The summed E-state index contributed by atoms with van der Waals surface area (Å²) in [5.41, 5.74) is 0.294. The predicted octanol–water partition coefficient (Wildman–Crippen LogP) is 2.95. The monoisotopic (exact) mass is 352 g/mol. The maximum atomic E-state index is 12.4. The molecule has 0 aliphatic rings. The molecular formula is C19H16N2O5. The van der Waals surface area contributed by atoms with E-state index in [0.29, 0.717) is 17.1 Å². The maximum Gasteiger partial charge on any atom is 0.337 e. The van der Waals surface area contributed by atoms with Gasteiger partial charge in [0, 0.05) is 5.56 Å². The molecule has 0 spiro atoms. The minimum Gasteiger partial charge on any atom is -0.497 e. The number of anilines is 1. The smallest absolute Gasteiger partial charge is 0.337 e. The third kappa shape index (κ3) is 4.19. The zero-order valence-corrected chi connectivity index (χ0v) is 14.1. The first kappa shape index (κ1) is 18.5. The lowest BCUT2D eigenvalue weighted by Gasteiger charge is -2.09. The zero-order valence-electron chi connectivity index (χ0n) is 14.1. The molecule has 0 bridgehead atoms. The van der Waals surface area contributed by atoms with E-state index in [9.17, 15) is 20.0 Å². The molecule has 2 rings (SSSR count). The number of aromatic carboxylic acids is 1. The topological polar surface area (TPSA) is 109 Å². The van der Waals surface area contributed by atoms with Crippen molar-refractivity contribution in [2.24, 2.45) is 0 Å². The largest absolute Gasteiger partial charge is 0.497 e. The van der Waals surface area contributed by atoms with Crippen LogP contribution >= 0.6 is 0 Å². The Balaban J connectivity index is 2.37. The van der Waals surface area contributed by atoms with Crippen LogP contribution in [0.3, 0.4) is 0 Å². The van der Waals surface area contributed by atoms with E-state index in [1.807, 2.05) is 6.07 Å². The number of ether oxygens (including phenoxy) is 2. The van der Waals surface area contributed by atoms with E-state index in [2.05, 4.69) is 5.32 Å². The molecule has 0 atom stereocenters. The van der Waals surface area contributed by atoms with Crippen molar-refractivity contribution in [1.82, 2.24) is 0 Å². The van der Waals surface area contributed by atoms with Crippen LogP contribution < -0.4 is 14.8 Å². The summed E-state index contributed by atoms with van der Waals surface area (Å²) in [5.74, 6) is -0.924. The van der Waals surface area contributed by atoms with E-state index in [-0.39, 0.29) is 16.8 Å². The highest BCUT2D eigenvalue weighted by molar-refractivity contribution is 6.12. The van der Waals surface area contributed by atoms with Crippen LogP contribution in [0.4, 0.5) is 5.69 Å². The number of para-hydroxylation sites is 1. The quantitative estimate of drug-likeness (QED) is 0.611. The average molecular weight is 352 g/mol. The van der Waals surface area contributed by atoms with E-state index in [1.165, 1.54) is 32.4 Å². The number of hydrogen-bond acceptors (Lipinski definition) is 5. The molecule has 0 aliphatic carbocycles. The van der Waals surface area contributed by atoms with Gasteiger partial charge in [-0.15, -0.1) is 0 Å². The summed E-state index contributed by atoms with van der Waals surface area (Å²) in [6.45, 7) is 0. The van der Waals surface area contributed by atoms with Crippen LogP contribution in [0.5, 0.6) is 11.5 Å². The molecule has 26 heavy (non-hydrogen) atoms. The van der Waals surface area contributed by atoms with Gasteiger partial charge in [0.1, 0.15) is 23.1 Å². The Morgan fingerprint density at radius 1 is 1.15 bits per heavy atom. The number of carbonyl (C=O) groups excluding carboxylic acids is 1. The van der Waals surface area contributed by atoms with E-state index >= 15 is 0 Å². The van der Waals surface area contributed by atoms with Crippen molar-refractivity contribution in [2.75, 3.05) is 19.5 Å². The Morgan fingerprint density at radius 3 is 2.50 bits per heavy atom. The van der Waals surface area contributed by atoms with Crippen LogP contribution in [0, 0.1) is 11.3 Å². The highest BCUT2D eigenvalue weighted by Gasteiger charge is 2.15. The first-order chi connectivity index (χ1) is 12.5. The van der Waals surface area contributed by atoms with Crippen molar-refractivity contribution >= 4 is 23.6 Å². The Kier molecular flexibility index (Phi) is 5.96. The summed E-state index contributed by atoms with van der Waals surface area (Å²) in [6, 6.07) is 12.7. The lowest BCUT2D eigenvalue weighted by Crippen LogP contribution is -2.16. The Morgan fingerprint density at radius 2 is 1.88 bits per heavy atom. The number of nitrogens with zero attached hydrogens (tertiary/aromatic N) is 1. The van der Waals surface area contributed by atoms with Crippen LogP contribution in [0.25, 0.3) is 6.08 Å². The average Bonchev–Trinajstić information content (AvgIpc) is 2.65. The molecule has 0 fully saturated rings. The molecule has 2 N–H and O–H groups in total. The highest BCUT2D eigenvalue weighted by atomic mass is 16.5. The van der Waals surface area contributed by atoms with Gasteiger partial charge in [0.05, 0.1) is 25.5 Å². The predicted molar refractivity (Wildman–Crippen MR) is 95.2 cm³/mol. The Labute approximate surface area is 150 Å². The van der Waals surface area contributed by atoms with E-state index in [4.69, 9.17) is 9.47 Å². The minimum absolute atomic E-state index is 0.0721. The number of methoxy groups -OCH3 is 2. The van der Waals surface area contributed by atoms with Crippen molar-refractivity contribution in [2.45, 2.75) is 0 Å². The van der Waals surface area contributed by atoms with Gasteiger partial charge in [0.2, 0.25) is 0 Å². The van der Waals surface area contributed by atoms with Gasteiger partial charge in [0.25, 0.3) is 5.91 Å². The molecule has 0 aliphatic heterocycles. The molecule has 0 unspecified atom stereocenters. The second kappa shape index (κ2) is 8.35. The SMILES string of the molecule is COc1ccc(OC)c(/C=C(\C#N)C(=O)Nc2ccccc2C(=O)O)c1.